The van der Waals surface area contributed by atoms with Gasteiger partial charge in [-0.3, -0.25) is 4.79 Å². The van der Waals surface area contributed by atoms with E-state index in [1.165, 1.54) is 5.56 Å². The molecule has 3 rings (SSSR count). The summed E-state index contributed by atoms with van der Waals surface area (Å²) in [5, 5.41) is 3.41. The topological polar surface area (TPSA) is 38.3 Å². The molecule has 3 nitrogen and oxygen atoms in total. The first-order valence-electron chi connectivity index (χ1n) is 8.88. The zero-order chi connectivity index (χ0) is 19.2. The van der Waals surface area contributed by atoms with Gasteiger partial charge in [-0.2, -0.15) is 0 Å². The zero-order valence-corrected chi connectivity index (χ0v) is 16.2. The summed E-state index contributed by atoms with van der Waals surface area (Å²) in [7, 11) is 0. The molecule has 3 aromatic rings. The molecule has 0 fully saturated rings. The standard InChI is InChI=1S/C23H22ClNO2/c1-16-8-13-22(21(24)14-16)27-17(2)23(26)25-15-18-9-11-20(12-10-18)19-6-4-3-5-7-19/h3-14,17H,15H2,1-2H3,(H,25,26). The predicted molar refractivity (Wildman–Crippen MR) is 110 cm³/mol. The van der Waals surface area contributed by atoms with Gasteiger partial charge in [0.15, 0.2) is 6.10 Å². The van der Waals surface area contributed by atoms with Crippen molar-refractivity contribution in [3.63, 3.8) is 0 Å². The lowest BCUT2D eigenvalue weighted by molar-refractivity contribution is -0.127. The number of halogens is 1. The molecule has 0 aromatic heterocycles. The van der Waals surface area contributed by atoms with Crippen LogP contribution < -0.4 is 10.1 Å². The number of carbonyl (C=O) groups is 1. The summed E-state index contributed by atoms with van der Waals surface area (Å²) in [5.41, 5.74) is 4.40. The van der Waals surface area contributed by atoms with E-state index >= 15 is 0 Å². The number of benzene rings is 3. The number of hydrogen-bond donors (Lipinski definition) is 1. The molecule has 3 aromatic carbocycles. The predicted octanol–water partition coefficient (Wildman–Crippen LogP) is 5.40. The average molecular weight is 380 g/mol. The van der Waals surface area contributed by atoms with Crippen LogP contribution in [0.4, 0.5) is 0 Å². The largest absolute Gasteiger partial charge is 0.479 e. The highest BCUT2D eigenvalue weighted by Gasteiger charge is 2.15. The van der Waals surface area contributed by atoms with Gasteiger partial charge in [-0.25, -0.2) is 0 Å². The lowest BCUT2D eigenvalue weighted by Gasteiger charge is -2.16. The van der Waals surface area contributed by atoms with Gasteiger partial charge in [-0.1, -0.05) is 72.3 Å². The smallest absolute Gasteiger partial charge is 0.261 e. The fourth-order valence-electron chi connectivity index (χ4n) is 2.72. The SMILES string of the molecule is Cc1ccc(OC(C)C(=O)NCc2ccc(-c3ccccc3)cc2)c(Cl)c1. The Balaban J connectivity index is 1.55. The number of nitrogens with one attached hydrogen (secondary N) is 1. The van der Waals surface area contributed by atoms with Gasteiger partial charge in [-0.15, -0.1) is 0 Å². The molecule has 138 valence electrons. The average Bonchev–Trinajstić information content (AvgIpc) is 2.69. The van der Waals surface area contributed by atoms with E-state index in [1.54, 1.807) is 13.0 Å². The van der Waals surface area contributed by atoms with Crippen molar-refractivity contribution in [3.05, 3.63) is 88.9 Å². The fraction of sp³-hybridized carbons (Fsp3) is 0.174. The molecule has 0 saturated heterocycles. The van der Waals surface area contributed by atoms with Gasteiger partial charge in [0.2, 0.25) is 0 Å². The van der Waals surface area contributed by atoms with Crippen LogP contribution in [-0.4, -0.2) is 12.0 Å². The summed E-state index contributed by atoms with van der Waals surface area (Å²) in [4.78, 5) is 12.3. The van der Waals surface area contributed by atoms with Gasteiger partial charge < -0.3 is 10.1 Å². The highest BCUT2D eigenvalue weighted by atomic mass is 35.5. The zero-order valence-electron chi connectivity index (χ0n) is 15.4. The minimum Gasteiger partial charge on any atom is -0.479 e. The van der Waals surface area contributed by atoms with E-state index in [4.69, 9.17) is 16.3 Å². The van der Waals surface area contributed by atoms with Crippen molar-refractivity contribution in [2.75, 3.05) is 0 Å². The normalized spacial score (nSPS) is 11.7. The van der Waals surface area contributed by atoms with Crippen LogP contribution in [0.5, 0.6) is 5.75 Å². The van der Waals surface area contributed by atoms with E-state index in [0.717, 1.165) is 16.7 Å². The molecule has 0 spiro atoms. The molecule has 0 aliphatic rings. The summed E-state index contributed by atoms with van der Waals surface area (Å²) in [6, 6.07) is 23.8. The van der Waals surface area contributed by atoms with Gasteiger partial charge >= 0.3 is 0 Å². The fourth-order valence-corrected chi connectivity index (χ4v) is 3.00. The first kappa shape index (κ1) is 19.0. The maximum absolute atomic E-state index is 12.3. The molecule has 0 aliphatic heterocycles. The summed E-state index contributed by atoms with van der Waals surface area (Å²) in [6.45, 7) is 4.11. The van der Waals surface area contributed by atoms with Gasteiger partial charge in [-0.05, 0) is 48.2 Å². The number of carbonyl (C=O) groups excluding carboxylic acids is 1. The molecule has 0 radical (unpaired) electrons. The Hall–Kier alpha value is -2.78. The second-order valence-corrected chi connectivity index (χ2v) is 6.88. The lowest BCUT2D eigenvalue weighted by atomic mass is 10.0. The van der Waals surface area contributed by atoms with E-state index in [9.17, 15) is 4.79 Å². The van der Waals surface area contributed by atoms with E-state index in [0.29, 0.717) is 17.3 Å². The molecule has 1 amide bonds. The molecule has 0 heterocycles. The molecular formula is C23H22ClNO2. The van der Waals surface area contributed by atoms with Crippen LogP contribution in [0.3, 0.4) is 0 Å². The van der Waals surface area contributed by atoms with Gasteiger partial charge in [0.1, 0.15) is 5.75 Å². The Morgan fingerprint density at radius 3 is 2.33 bits per heavy atom. The van der Waals surface area contributed by atoms with Crippen molar-refractivity contribution in [1.82, 2.24) is 5.32 Å². The third kappa shape index (κ3) is 5.11. The first-order valence-corrected chi connectivity index (χ1v) is 9.25. The summed E-state index contributed by atoms with van der Waals surface area (Å²) in [6.07, 6.45) is -0.631. The quantitative estimate of drug-likeness (QED) is 0.622. The maximum atomic E-state index is 12.3. The molecule has 1 atom stereocenters. The second-order valence-electron chi connectivity index (χ2n) is 6.47. The number of aryl methyl sites for hydroxylation is 1. The molecule has 0 aliphatic carbocycles. The summed E-state index contributed by atoms with van der Waals surface area (Å²) < 4.78 is 5.68. The number of rotatable bonds is 6. The van der Waals surface area contributed by atoms with Crippen LogP contribution in [0, 0.1) is 6.92 Å². The molecule has 0 bridgehead atoms. The molecule has 1 unspecified atom stereocenters. The van der Waals surface area contributed by atoms with Crippen LogP contribution in [0.15, 0.2) is 72.8 Å². The van der Waals surface area contributed by atoms with Gasteiger partial charge in [0.05, 0.1) is 5.02 Å². The number of hydrogen-bond acceptors (Lipinski definition) is 2. The summed E-state index contributed by atoms with van der Waals surface area (Å²) >= 11 is 6.16. The van der Waals surface area contributed by atoms with Crippen molar-refractivity contribution in [1.29, 1.82) is 0 Å². The first-order chi connectivity index (χ1) is 13.0. The Bertz CT molecular complexity index is 907. The Kier molecular flexibility index (Phi) is 6.15. The van der Waals surface area contributed by atoms with Crippen LogP contribution in [0.25, 0.3) is 11.1 Å². The molecule has 0 saturated carbocycles. The second kappa shape index (κ2) is 8.74. The van der Waals surface area contributed by atoms with Crippen LogP contribution in [0.1, 0.15) is 18.1 Å². The van der Waals surface area contributed by atoms with E-state index in [1.807, 2.05) is 49.4 Å². The minimum absolute atomic E-state index is 0.182. The summed E-state index contributed by atoms with van der Waals surface area (Å²) in [5.74, 6) is 0.330. The molecule has 1 N–H and O–H groups in total. The van der Waals surface area contributed by atoms with Crippen molar-refractivity contribution in [2.24, 2.45) is 0 Å². The number of ether oxygens (including phenoxy) is 1. The monoisotopic (exact) mass is 379 g/mol. The minimum atomic E-state index is -0.631. The van der Waals surface area contributed by atoms with Crippen LogP contribution in [0.2, 0.25) is 5.02 Å². The van der Waals surface area contributed by atoms with Crippen molar-refractivity contribution < 1.29 is 9.53 Å². The number of amides is 1. The van der Waals surface area contributed by atoms with E-state index in [-0.39, 0.29) is 5.91 Å². The van der Waals surface area contributed by atoms with Gasteiger partial charge in [0.25, 0.3) is 5.91 Å². The van der Waals surface area contributed by atoms with Crippen molar-refractivity contribution in [2.45, 2.75) is 26.5 Å². The van der Waals surface area contributed by atoms with E-state index in [2.05, 4.69) is 29.6 Å². The molecule has 4 heteroatoms. The lowest BCUT2D eigenvalue weighted by Crippen LogP contribution is -2.35. The van der Waals surface area contributed by atoms with Crippen molar-refractivity contribution in [3.8, 4) is 16.9 Å². The molecule has 27 heavy (non-hydrogen) atoms. The van der Waals surface area contributed by atoms with Crippen molar-refractivity contribution >= 4 is 17.5 Å². The third-order valence-corrected chi connectivity index (χ3v) is 4.58. The Labute approximate surface area is 164 Å². The van der Waals surface area contributed by atoms with Crippen LogP contribution in [-0.2, 0) is 11.3 Å². The van der Waals surface area contributed by atoms with E-state index < -0.39 is 6.10 Å². The van der Waals surface area contributed by atoms with Crippen LogP contribution >= 0.6 is 11.6 Å². The molecular weight excluding hydrogens is 358 g/mol. The highest BCUT2D eigenvalue weighted by Crippen LogP contribution is 2.26. The Morgan fingerprint density at radius 1 is 1.00 bits per heavy atom. The Morgan fingerprint density at radius 2 is 1.67 bits per heavy atom. The van der Waals surface area contributed by atoms with Gasteiger partial charge in [0, 0.05) is 6.54 Å². The maximum Gasteiger partial charge on any atom is 0.261 e. The highest BCUT2D eigenvalue weighted by molar-refractivity contribution is 6.32. The third-order valence-electron chi connectivity index (χ3n) is 4.29.